The predicted molar refractivity (Wildman–Crippen MR) is 136 cm³/mol. The minimum absolute atomic E-state index is 0.195. The van der Waals surface area contributed by atoms with Crippen molar-refractivity contribution in [3.63, 3.8) is 0 Å². The Morgan fingerprint density at radius 2 is 1.86 bits per heavy atom. The molecule has 2 aliphatic rings. The smallest absolute Gasteiger partial charge is 0.315 e. The third kappa shape index (κ3) is 5.02. The first-order valence-electron chi connectivity index (χ1n) is 11.6. The van der Waals surface area contributed by atoms with Crippen LogP contribution in [0.4, 0.5) is 10.6 Å². The van der Waals surface area contributed by atoms with Gasteiger partial charge in [0.15, 0.2) is 0 Å². The summed E-state index contributed by atoms with van der Waals surface area (Å²) >= 11 is 1.52. The van der Waals surface area contributed by atoms with Gasteiger partial charge >= 0.3 is 6.03 Å². The van der Waals surface area contributed by atoms with Crippen LogP contribution in [0.3, 0.4) is 0 Å². The molecule has 2 aromatic heterocycles. The van der Waals surface area contributed by atoms with Crippen LogP contribution < -0.4 is 11.1 Å². The van der Waals surface area contributed by atoms with Gasteiger partial charge in [-0.2, -0.15) is 4.31 Å². The average Bonchev–Trinajstić information content (AvgIpc) is 3.29. The number of nitrogens with one attached hydrogen (secondary N) is 1. The molecule has 1 saturated heterocycles. The first kappa shape index (κ1) is 23.7. The Bertz CT molecular complexity index is 1310. The van der Waals surface area contributed by atoms with Crippen molar-refractivity contribution in [2.24, 2.45) is 5.73 Å². The monoisotopic (exact) mass is 512 g/mol. The molecule has 0 unspecified atom stereocenters. The highest BCUT2D eigenvalue weighted by atomic mass is 32.2. The number of sulfonamides is 1. The van der Waals surface area contributed by atoms with Gasteiger partial charge in [0.05, 0.1) is 17.1 Å². The third-order valence-corrected chi connectivity index (χ3v) is 9.54. The standard InChI is InChI=1S/C24H28N6O3S2/c1-16-2-7-22(26-14-16)27-18-8-12-30(13-9-18)35(32,33)19-5-3-17(4-6-19)23-28-20-10-11-29(24(25)31)15-21(20)34-23/h2-7,14,18H,8-13,15H2,1H3,(H2,25,31)(H,26,27). The quantitative estimate of drug-likeness (QED) is 0.541. The molecule has 11 heteroatoms. The van der Waals surface area contributed by atoms with Crippen molar-refractivity contribution in [3.8, 4) is 10.6 Å². The number of carbonyl (C=O) groups is 1. The molecule has 3 N–H and O–H groups in total. The van der Waals surface area contributed by atoms with Crippen molar-refractivity contribution in [1.29, 1.82) is 0 Å². The van der Waals surface area contributed by atoms with Crippen molar-refractivity contribution in [3.05, 3.63) is 58.7 Å². The summed E-state index contributed by atoms with van der Waals surface area (Å²) in [5.41, 5.74) is 8.36. The van der Waals surface area contributed by atoms with Crippen LogP contribution in [-0.2, 0) is 23.0 Å². The molecule has 0 aliphatic carbocycles. The Labute approximate surface area is 209 Å². The Hall–Kier alpha value is -3.02. The van der Waals surface area contributed by atoms with Crippen LogP contribution >= 0.6 is 11.3 Å². The normalized spacial score (nSPS) is 17.2. The maximum atomic E-state index is 13.2. The van der Waals surface area contributed by atoms with Crippen LogP contribution in [0.1, 0.15) is 29.0 Å². The minimum atomic E-state index is -3.57. The summed E-state index contributed by atoms with van der Waals surface area (Å²) in [6, 6.07) is 10.7. The van der Waals surface area contributed by atoms with Gasteiger partial charge in [-0.15, -0.1) is 11.3 Å². The van der Waals surface area contributed by atoms with E-state index in [2.05, 4.69) is 10.3 Å². The van der Waals surface area contributed by atoms with E-state index in [1.54, 1.807) is 33.5 Å². The molecule has 4 heterocycles. The number of aryl methyl sites for hydroxylation is 1. The van der Waals surface area contributed by atoms with E-state index < -0.39 is 16.1 Å². The summed E-state index contributed by atoms with van der Waals surface area (Å²) in [7, 11) is -3.57. The molecule has 9 nitrogen and oxygen atoms in total. The summed E-state index contributed by atoms with van der Waals surface area (Å²) in [6.07, 6.45) is 3.94. The average molecular weight is 513 g/mol. The maximum Gasteiger partial charge on any atom is 0.315 e. The van der Waals surface area contributed by atoms with Gasteiger partial charge in [-0.25, -0.2) is 23.2 Å². The molecule has 35 heavy (non-hydrogen) atoms. The van der Waals surface area contributed by atoms with E-state index in [1.165, 1.54) is 11.3 Å². The number of rotatable bonds is 5. The molecular weight excluding hydrogens is 484 g/mol. The lowest BCUT2D eigenvalue weighted by atomic mass is 10.1. The van der Waals surface area contributed by atoms with Crippen LogP contribution in [0.15, 0.2) is 47.5 Å². The summed E-state index contributed by atoms with van der Waals surface area (Å²) < 4.78 is 28.0. The molecule has 184 valence electrons. The number of hydrogen-bond donors (Lipinski definition) is 2. The van der Waals surface area contributed by atoms with Crippen LogP contribution in [0.5, 0.6) is 0 Å². The molecule has 2 aliphatic heterocycles. The highest BCUT2D eigenvalue weighted by molar-refractivity contribution is 7.89. The predicted octanol–water partition coefficient (Wildman–Crippen LogP) is 3.22. The zero-order valence-electron chi connectivity index (χ0n) is 19.5. The molecule has 5 rings (SSSR count). The number of hydrogen-bond acceptors (Lipinski definition) is 7. The van der Waals surface area contributed by atoms with Crippen molar-refractivity contribution < 1.29 is 13.2 Å². The number of thiazole rings is 1. The number of nitrogens with zero attached hydrogens (tertiary/aromatic N) is 4. The summed E-state index contributed by atoms with van der Waals surface area (Å²) in [5.74, 6) is 0.818. The number of primary amides is 1. The number of carbonyl (C=O) groups excluding carboxylic acids is 1. The van der Waals surface area contributed by atoms with Crippen molar-refractivity contribution in [2.75, 3.05) is 25.0 Å². The van der Waals surface area contributed by atoms with E-state index in [0.29, 0.717) is 32.6 Å². The second-order valence-corrected chi connectivity index (χ2v) is 12.0. The molecule has 0 atom stereocenters. The number of pyridine rings is 1. The molecule has 0 spiro atoms. The van der Waals surface area contributed by atoms with Gasteiger partial charge < -0.3 is 16.0 Å². The van der Waals surface area contributed by atoms with Gasteiger partial charge in [-0.3, -0.25) is 0 Å². The molecular formula is C24H28N6O3S2. The van der Waals surface area contributed by atoms with E-state index in [4.69, 9.17) is 10.7 Å². The van der Waals surface area contributed by atoms with Gasteiger partial charge in [0.2, 0.25) is 10.0 Å². The Kier molecular flexibility index (Phi) is 6.47. The Balaban J connectivity index is 1.23. The van der Waals surface area contributed by atoms with Crippen molar-refractivity contribution >= 4 is 33.2 Å². The largest absolute Gasteiger partial charge is 0.367 e. The number of fused-ring (bicyclic) bond motifs is 1. The van der Waals surface area contributed by atoms with Gasteiger partial charge in [-0.1, -0.05) is 18.2 Å². The molecule has 1 aromatic carbocycles. The van der Waals surface area contributed by atoms with Crippen LogP contribution in [0, 0.1) is 6.92 Å². The Morgan fingerprint density at radius 3 is 2.51 bits per heavy atom. The van der Waals surface area contributed by atoms with Crippen molar-refractivity contribution in [2.45, 2.75) is 43.7 Å². The number of aromatic nitrogens is 2. The number of nitrogens with two attached hydrogens (primary N) is 1. The number of benzene rings is 1. The van der Waals surface area contributed by atoms with E-state index in [-0.39, 0.29) is 10.9 Å². The molecule has 0 bridgehead atoms. The summed E-state index contributed by atoms with van der Waals surface area (Å²) in [4.78, 5) is 23.5. The van der Waals surface area contributed by atoms with Gasteiger partial charge in [0.1, 0.15) is 10.8 Å². The number of anilines is 1. The third-order valence-electron chi connectivity index (χ3n) is 6.50. The second kappa shape index (κ2) is 9.56. The summed E-state index contributed by atoms with van der Waals surface area (Å²) in [6.45, 7) is 3.96. The van der Waals surface area contributed by atoms with Gasteiger partial charge in [-0.05, 0) is 43.5 Å². The molecule has 2 amide bonds. The van der Waals surface area contributed by atoms with Crippen LogP contribution in [-0.4, -0.2) is 59.3 Å². The zero-order valence-corrected chi connectivity index (χ0v) is 21.1. The Morgan fingerprint density at radius 1 is 1.11 bits per heavy atom. The topological polar surface area (TPSA) is 122 Å². The van der Waals surface area contributed by atoms with Crippen LogP contribution in [0.25, 0.3) is 10.6 Å². The highest BCUT2D eigenvalue weighted by Crippen LogP contribution is 2.32. The fourth-order valence-corrected chi connectivity index (χ4v) is 7.03. The first-order chi connectivity index (χ1) is 16.8. The minimum Gasteiger partial charge on any atom is -0.367 e. The SMILES string of the molecule is Cc1ccc(NC2CCN(S(=O)(=O)c3ccc(-c4nc5c(s4)CN(C(N)=O)CC5)cc3)CC2)nc1. The van der Waals surface area contributed by atoms with Gasteiger partial charge in [0, 0.05) is 48.7 Å². The lowest BCUT2D eigenvalue weighted by molar-refractivity contribution is 0.202. The fourth-order valence-electron chi connectivity index (χ4n) is 4.43. The number of urea groups is 1. The van der Waals surface area contributed by atoms with Gasteiger partial charge in [0.25, 0.3) is 0 Å². The zero-order chi connectivity index (χ0) is 24.6. The lowest BCUT2D eigenvalue weighted by Gasteiger charge is -2.31. The van der Waals surface area contributed by atoms with E-state index in [0.717, 1.165) is 45.4 Å². The van der Waals surface area contributed by atoms with Crippen molar-refractivity contribution in [1.82, 2.24) is 19.2 Å². The molecule has 1 fully saturated rings. The molecule has 0 radical (unpaired) electrons. The fraction of sp³-hybridized carbons (Fsp3) is 0.375. The number of piperidine rings is 1. The first-order valence-corrected chi connectivity index (χ1v) is 13.9. The van der Waals surface area contributed by atoms with E-state index in [9.17, 15) is 13.2 Å². The second-order valence-electron chi connectivity index (χ2n) is 8.97. The highest BCUT2D eigenvalue weighted by Gasteiger charge is 2.30. The maximum absolute atomic E-state index is 13.2. The van der Waals surface area contributed by atoms with E-state index in [1.807, 2.05) is 25.3 Å². The number of amides is 2. The van der Waals surface area contributed by atoms with Crippen LogP contribution in [0.2, 0.25) is 0 Å². The van der Waals surface area contributed by atoms with E-state index >= 15 is 0 Å². The molecule has 0 saturated carbocycles. The summed E-state index contributed by atoms with van der Waals surface area (Å²) in [5, 5.41) is 4.23. The lowest BCUT2D eigenvalue weighted by Crippen LogP contribution is -2.42. The molecule has 3 aromatic rings.